The van der Waals surface area contributed by atoms with Crippen LogP contribution in [0.1, 0.15) is 29.5 Å². The van der Waals surface area contributed by atoms with E-state index < -0.39 is 0 Å². The summed E-state index contributed by atoms with van der Waals surface area (Å²) in [4.78, 5) is 16.3. The van der Waals surface area contributed by atoms with E-state index in [4.69, 9.17) is 17.3 Å². The van der Waals surface area contributed by atoms with Gasteiger partial charge in [-0.1, -0.05) is 18.5 Å². The monoisotopic (exact) mass is 278 g/mol. The quantitative estimate of drug-likeness (QED) is 0.673. The number of carbonyl (C=O) groups excluding carboxylic acids is 1. The summed E-state index contributed by atoms with van der Waals surface area (Å²) in [7, 11) is 0. The third-order valence-electron chi connectivity index (χ3n) is 2.69. The number of carbonyl (C=O) groups is 1. The molecule has 0 bridgehead atoms. The van der Waals surface area contributed by atoms with Crippen molar-refractivity contribution in [2.45, 2.75) is 26.3 Å². The number of benzene rings is 1. The van der Waals surface area contributed by atoms with Crippen LogP contribution >= 0.6 is 11.6 Å². The van der Waals surface area contributed by atoms with E-state index in [2.05, 4.69) is 10.1 Å². The van der Waals surface area contributed by atoms with E-state index in [-0.39, 0.29) is 12.2 Å². The van der Waals surface area contributed by atoms with Crippen LogP contribution in [0.25, 0.3) is 0 Å². The van der Waals surface area contributed by atoms with E-state index in [0.717, 1.165) is 13.0 Å². The molecular weight excluding hydrogens is 264 g/mol. The van der Waals surface area contributed by atoms with Crippen LogP contribution in [-0.4, -0.2) is 20.5 Å². The SMILES string of the molecule is CCCn1ncnc1CC(=O)c1cc(N)cc(Cl)c1. The summed E-state index contributed by atoms with van der Waals surface area (Å²) in [5, 5.41) is 4.55. The Morgan fingerprint density at radius 3 is 2.89 bits per heavy atom. The van der Waals surface area contributed by atoms with Gasteiger partial charge in [-0.3, -0.25) is 4.79 Å². The second-order valence-corrected chi connectivity index (χ2v) is 4.71. The second-order valence-electron chi connectivity index (χ2n) is 4.27. The van der Waals surface area contributed by atoms with Crippen molar-refractivity contribution in [2.75, 3.05) is 5.73 Å². The average Bonchev–Trinajstić information content (AvgIpc) is 2.76. The lowest BCUT2D eigenvalue weighted by Gasteiger charge is -2.05. The van der Waals surface area contributed by atoms with Crippen molar-refractivity contribution < 1.29 is 4.79 Å². The molecule has 5 nitrogen and oxygen atoms in total. The number of nitrogens with zero attached hydrogens (tertiary/aromatic N) is 3. The molecule has 0 saturated heterocycles. The number of anilines is 1. The molecule has 6 heteroatoms. The number of nitrogen functional groups attached to an aromatic ring is 1. The molecule has 0 unspecified atom stereocenters. The number of ketones is 1. The van der Waals surface area contributed by atoms with E-state index in [0.29, 0.717) is 22.1 Å². The van der Waals surface area contributed by atoms with E-state index in [1.807, 2.05) is 6.92 Å². The molecule has 19 heavy (non-hydrogen) atoms. The molecule has 0 aliphatic carbocycles. The molecule has 0 saturated carbocycles. The van der Waals surface area contributed by atoms with Gasteiger partial charge in [0, 0.05) is 22.8 Å². The van der Waals surface area contributed by atoms with Crippen molar-refractivity contribution >= 4 is 23.1 Å². The van der Waals surface area contributed by atoms with Crippen LogP contribution in [0.2, 0.25) is 5.02 Å². The first kappa shape index (κ1) is 13.5. The number of hydrogen-bond donors (Lipinski definition) is 1. The maximum absolute atomic E-state index is 12.2. The fourth-order valence-corrected chi connectivity index (χ4v) is 2.09. The Morgan fingerprint density at radius 2 is 2.21 bits per heavy atom. The lowest BCUT2D eigenvalue weighted by Crippen LogP contribution is -2.11. The molecule has 2 aromatic rings. The summed E-state index contributed by atoms with van der Waals surface area (Å²) >= 11 is 5.89. The van der Waals surface area contributed by atoms with E-state index in [9.17, 15) is 4.79 Å². The zero-order chi connectivity index (χ0) is 13.8. The number of hydrogen-bond acceptors (Lipinski definition) is 4. The van der Waals surface area contributed by atoms with E-state index in [1.54, 1.807) is 22.9 Å². The zero-order valence-electron chi connectivity index (χ0n) is 10.6. The first-order valence-corrected chi connectivity index (χ1v) is 6.44. The number of aryl methyl sites for hydroxylation is 1. The van der Waals surface area contributed by atoms with Crippen molar-refractivity contribution in [2.24, 2.45) is 0 Å². The van der Waals surface area contributed by atoms with Crippen LogP contribution in [0.4, 0.5) is 5.69 Å². The van der Waals surface area contributed by atoms with Gasteiger partial charge < -0.3 is 5.73 Å². The van der Waals surface area contributed by atoms with E-state index >= 15 is 0 Å². The minimum absolute atomic E-state index is 0.0699. The van der Waals surface area contributed by atoms with Gasteiger partial charge in [-0.2, -0.15) is 5.10 Å². The Morgan fingerprint density at radius 1 is 1.42 bits per heavy atom. The van der Waals surface area contributed by atoms with Gasteiger partial charge in [0.15, 0.2) is 5.78 Å². The third-order valence-corrected chi connectivity index (χ3v) is 2.91. The molecular formula is C13H15ClN4O. The Balaban J connectivity index is 2.18. The summed E-state index contributed by atoms with van der Waals surface area (Å²) < 4.78 is 1.74. The van der Waals surface area contributed by atoms with Crippen molar-refractivity contribution in [3.05, 3.63) is 40.9 Å². The van der Waals surface area contributed by atoms with Gasteiger partial charge in [-0.25, -0.2) is 9.67 Å². The van der Waals surface area contributed by atoms with Crippen molar-refractivity contribution in [3.63, 3.8) is 0 Å². The Kier molecular flexibility index (Phi) is 4.16. The summed E-state index contributed by atoms with van der Waals surface area (Å²) in [6.07, 6.45) is 2.60. The number of halogens is 1. The predicted octanol–water partition coefficient (Wildman–Crippen LogP) is 2.35. The van der Waals surface area contributed by atoms with E-state index in [1.165, 1.54) is 6.33 Å². The van der Waals surface area contributed by atoms with Crippen LogP contribution < -0.4 is 5.73 Å². The van der Waals surface area contributed by atoms with Gasteiger partial charge in [0.25, 0.3) is 0 Å². The summed E-state index contributed by atoms with van der Waals surface area (Å²) in [6, 6.07) is 4.84. The maximum Gasteiger partial charge on any atom is 0.170 e. The Hall–Kier alpha value is -1.88. The minimum atomic E-state index is -0.0699. The van der Waals surface area contributed by atoms with Gasteiger partial charge in [0.2, 0.25) is 0 Å². The lowest BCUT2D eigenvalue weighted by atomic mass is 10.1. The molecule has 0 atom stereocenters. The molecule has 1 heterocycles. The summed E-state index contributed by atoms with van der Waals surface area (Å²) in [6.45, 7) is 2.80. The highest BCUT2D eigenvalue weighted by atomic mass is 35.5. The molecule has 0 amide bonds. The van der Waals surface area contributed by atoms with Crippen molar-refractivity contribution in [3.8, 4) is 0 Å². The largest absolute Gasteiger partial charge is 0.399 e. The highest BCUT2D eigenvalue weighted by molar-refractivity contribution is 6.31. The molecule has 0 aliphatic heterocycles. The molecule has 2 rings (SSSR count). The molecule has 100 valence electrons. The topological polar surface area (TPSA) is 73.8 Å². The number of nitrogens with two attached hydrogens (primary N) is 1. The molecule has 0 radical (unpaired) electrons. The standard InChI is InChI=1S/C13H15ClN4O/c1-2-3-18-13(16-8-17-18)7-12(19)9-4-10(14)6-11(15)5-9/h4-6,8H,2-3,7,15H2,1H3. The van der Waals surface area contributed by atoms with Gasteiger partial charge >= 0.3 is 0 Å². The molecule has 0 fully saturated rings. The van der Waals surface area contributed by atoms with Crippen LogP contribution in [0.15, 0.2) is 24.5 Å². The first-order valence-electron chi connectivity index (χ1n) is 6.06. The molecule has 2 N–H and O–H groups in total. The number of aromatic nitrogens is 3. The normalized spacial score (nSPS) is 10.6. The molecule has 0 spiro atoms. The van der Waals surface area contributed by atoms with Gasteiger partial charge in [0.05, 0.1) is 6.42 Å². The molecule has 1 aromatic heterocycles. The number of Topliss-reactive ketones (excluding diaryl/α,β-unsaturated/α-hetero) is 1. The van der Waals surface area contributed by atoms with Gasteiger partial charge in [-0.05, 0) is 24.6 Å². The summed E-state index contributed by atoms with van der Waals surface area (Å²) in [5.74, 6) is 0.588. The first-order chi connectivity index (χ1) is 9.10. The molecule has 1 aromatic carbocycles. The zero-order valence-corrected chi connectivity index (χ0v) is 11.4. The highest BCUT2D eigenvalue weighted by Gasteiger charge is 2.13. The van der Waals surface area contributed by atoms with Crippen molar-refractivity contribution in [1.29, 1.82) is 0 Å². The van der Waals surface area contributed by atoms with Crippen LogP contribution in [0.3, 0.4) is 0 Å². The Labute approximate surface area is 116 Å². The second kappa shape index (κ2) is 5.84. The van der Waals surface area contributed by atoms with Crippen LogP contribution in [-0.2, 0) is 13.0 Å². The fourth-order valence-electron chi connectivity index (χ4n) is 1.84. The maximum atomic E-state index is 12.2. The van der Waals surface area contributed by atoms with Crippen molar-refractivity contribution in [1.82, 2.24) is 14.8 Å². The predicted molar refractivity (Wildman–Crippen MR) is 74.2 cm³/mol. The van der Waals surface area contributed by atoms with Gasteiger partial charge in [0.1, 0.15) is 12.2 Å². The average molecular weight is 279 g/mol. The lowest BCUT2D eigenvalue weighted by molar-refractivity contribution is 0.0989. The molecule has 0 aliphatic rings. The third kappa shape index (κ3) is 3.32. The highest BCUT2D eigenvalue weighted by Crippen LogP contribution is 2.18. The smallest absolute Gasteiger partial charge is 0.170 e. The van der Waals surface area contributed by atoms with Crippen LogP contribution in [0.5, 0.6) is 0 Å². The number of rotatable bonds is 5. The summed E-state index contributed by atoms with van der Waals surface area (Å²) in [5.41, 5.74) is 6.65. The van der Waals surface area contributed by atoms with Crippen LogP contribution in [0, 0.1) is 0 Å². The minimum Gasteiger partial charge on any atom is -0.399 e. The fraction of sp³-hybridized carbons (Fsp3) is 0.308. The van der Waals surface area contributed by atoms with Gasteiger partial charge in [-0.15, -0.1) is 0 Å². The Bertz CT molecular complexity index is 574.